The van der Waals surface area contributed by atoms with E-state index < -0.39 is 5.60 Å². The number of aliphatic hydroxyl groups is 1. The van der Waals surface area contributed by atoms with Crippen molar-refractivity contribution < 1.29 is 5.11 Å². The summed E-state index contributed by atoms with van der Waals surface area (Å²) >= 11 is 0. The van der Waals surface area contributed by atoms with Gasteiger partial charge in [-0.2, -0.15) is 0 Å². The van der Waals surface area contributed by atoms with E-state index in [-0.39, 0.29) is 0 Å². The van der Waals surface area contributed by atoms with E-state index >= 15 is 0 Å². The van der Waals surface area contributed by atoms with E-state index in [1.807, 2.05) is 6.92 Å². The van der Waals surface area contributed by atoms with Gasteiger partial charge < -0.3 is 15.7 Å². The molecule has 0 radical (unpaired) electrons. The fourth-order valence-corrected chi connectivity index (χ4v) is 2.97. The molecule has 2 fully saturated rings. The van der Waals surface area contributed by atoms with E-state index in [9.17, 15) is 5.11 Å². The Labute approximate surface area is 92.6 Å². The van der Waals surface area contributed by atoms with Gasteiger partial charge in [0.25, 0.3) is 0 Å². The lowest BCUT2D eigenvalue weighted by Crippen LogP contribution is -2.36. The second kappa shape index (κ2) is 4.40. The van der Waals surface area contributed by atoms with Gasteiger partial charge in [0, 0.05) is 18.6 Å². The van der Waals surface area contributed by atoms with E-state index in [0.717, 1.165) is 38.8 Å². The topological polar surface area (TPSA) is 49.5 Å². The van der Waals surface area contributed by atoms with Crippen molar-refractivity contribution in [1.29, 1.82) is 0 Å². The Bertz CT molecular complexity index is 218. The first-order valence-corrected chi connectivity index (χ1v) is 6.29. The molecule has 15 heavy (non-hydrogen) atoms. The van der Waals surface area contributed by atoms with Crippen LogP contribution in [0.25, 0.3) is 0 Å². The van der Waals surface area contributed by atoms with Crippen molar-refractivity contribution >= 4 is 0 Å². The van der Waals surface area contributed by atoms with Gasteiger partial charge >= 0.3 is 0 Å². The first-order valence-electron chi connectivity index (χ1n) is 6.29. The minimum absolute atomic E-state index is 0.416. The molecule has 0 aromatic rings. The number of likely N-dealkylation sites (tertiary alicyclic amines) is 1. The van der Waals surface area contributed by atoms with Crippen molar-refractivity contribution in [2.45, 2.75) is 63.1 Å². The summed E-state index contributed by atoms with van der Waals surface area (Å²) in [4.78, 5) is 2.55. The standard InChI is InChI=1S/C12H24N2O/c1-12(15)5-2-7-14(8-6-12)11-4-3-10(13)9-11/h10-11,15H,2-9,13H2,1H3. The Morgan fingerprint density at radius 1 is 1.27 bits per heavy atom. The van der Waals surface area contributed by atoms with Crippen LogP contribution in [0.2, 0.25) is 0 Å². The smallest absolute Gasteiger partial charge is 0.0632 e. The van der Waals surface area contributed by atoms with Crippen LogP contribution in [0.1, 0.15) is 45.4 Å². The maximum atomic E-state index is 10.0. The van der Waals surface area contributed by atoms with Crippen LogP contribution in [0, 0.1) is 0 Å². The third-order valence-electron chi connectivity index (χ3n) is 4.06. The van der Waals surface area contributed by atoms with E-state index in [0.29, 0.717) is 12.1 Å². The average molecular weight is 212 g/mol. The largest absolute Gasteiger partial charge is 0.390 e. The maximum Gasteiger partial charge on any atom is 0.0632 e. The van der Waals surface area contributed by atoms with Gasteiger partial charge in [-0.15, -0.1) is 0 Å². The zero-order chi connectivity index (χ0) is 10.9. The number of rotatable bonds is 1. The van der Waals surface area contributed by atoms with Crippen LogP contribution < -0.4 is 5.73 Å². The van der Waals surface area contributed by atoms with Crippen molar-refractivity contribution in [2.75, 3.05) is 13.1 Å². The summed E-state index contributed by atoms with van der Waals surface area (Å²) in [7, 11) is 0. The summed E-state index contributed by atoms with van der Waals surface area (Å²) in [6.07, 6.45) is 6.57. The molecular formula is C12H24N2O. The van der Waals surface area contributed by atoms with Crippen LogP contribution in [0.3, 0.4) is 0 Å². The van der Waals surface area contributed by atoms with Gasteiger partial charge in [0.1, 0.15) is 0 Å². The Hall–Kier alpha value is -0.120. The molecule has 3 nitrogen and oxygen atoms in total. The van der Waals surface area contributed by atoms with E-state index in [4.69, 9.17) is 5.73 Å². The highest BCUT2D eigenvalue weighted by Gasteiger charge is 2.31. The summed E-state index contributed by atoms with van der Waals surface area (Å²) in [6.45, 7) is 4.16. The highest BCUT2D eigenvalue weighted by molar-refractivity contribution is 4.88. The van der Waals surface area contributed by atoms with E-state index in [1.165, 1.54) is 12.8 Å². The van der Waals surface area contributed by atoms with Gasteiger partial charge in [0.05, 0.1) is 5.60 Å². The van der Waals surface area contributed by atoms with Gasteiger partial charge in [0.15, 0.2) is 0 Å². The summed E-state index contributed by atoms with van der Waals surface area (Å²) < 4.78 is 0. The molecule has 0 amide bonds. The zero-order valence-corrected chi connectivity index (χ0v) is 9.78. The lowest BCUT2D eigenvalue weighted by molar-refractivity contribution is 0.0431. The quantitative estimate of drug-likeness (QED) is 0.684. The minimum atomic E-state index is -0.435. The van der Waals surface area contributed by atoms with Crippen molar-refractivity contribution in [1.82, 2.24) is 4.90 Å². The van der Waals surface area contributed by atoms with Gasteiger partial charge in [-0.25, -0.2) is 0 Å². The predicted molar refractivity (Wildman–Crippen MR) is 61.7 cm³/mol. The van der Waals surface area contributed by atoms with E-state index in [1.54, 1.807) is 0 Å². The Morgan fingerprint density at radius 2 is 2.07 bits per heavy atom. The molecule has 1 saturated heterocycles. The van der Waals surface area contributed by atoms with Crippen LogP contribution in [0.15, 0.2) is 0 Å². The molecule has 88 valence electrons. The molecule has 0 bridgehead atoms. The van der Waals surface area contributed by atoms with Gasteiger partial charge in [0.2, 0.25) is 0 Å². The molecule has 0 aromatic carbocycles. The summed E-state index contributed by atoms with van der Waals surface area (Å²) in [5.74, 6) is 0. The van der Waals surface area contributed by atoms with Crippen molar-refractivity contribution in [3.8, 4) is 0 Å². The minimum Gasteiger partial charge on any atom is -0.390 e. The molecule has 0 aromatic heterocycles. The summed E-state index contributed by atoms with van der Waals surface area (Å²) in [6, 6.07) is 1.10. The van der Waals surface area contributed by atoms with Crippen molar-refractivity contribution in [3.63, 3.8) is 0 Å². The predicted octanol–water partition coefficient (Wildman–Crippen LogP) is 1.10. The van der Waals surface area contributed by atoms with Gasteiger partial charge in [-0.05, 0) is 52.0 Å². The Balaban J connectivity index is 1.88. The fourth-order valence-electron chi connectivity index (χ4n) is 2.97. The molecule has 3 N–H and O–H groups in total. The highest BCUT2D eigenvalue weighted by atomic mass is 16.3. The summed E-state index contributed by atoms with van der Waals surface area (Å²) in [5.41, 5.74) is 5.51. The van der Waals surface area contributed by atoms with E-state index in [2.05, 4.69) is 4.90 Å². The third kappa shape index (κ3) is 2.92. The number of nitrogens with zero attached hydrogens (tertiary/aromatic N) is 1. The first kappa shape index (κ1) is 11.4. The summed E-state index contributed by atoms with van der Waals surface area (Å²) in [5, 5.41) is 10.0. The van der Waals surface area contributed by atoms with Crippen LogP contribution in [0.4, 0.5) is 0 Å². The Morgan fingerprint density at radius 3 is 2.73 bits per heavy atom. The van der Waals surface area contributed by atoms with Crippen LogP contribution in [-0.2, 0) is 0 Å². The number of hydrogen-bond acceptors (Lipinski definition) is 3. The number of hydrogen-bond donors (Lipinski definition) is 2. The van der Waals surface area contributed by atoms with Crippen LogP contribution in [-0.4, -0.2) is 40.8 Å². The highest BCUT2D eigenvalue weighted by Crippen LogP contribution is 2.28. The van der Waals surface area contributed by atoms with Gasteiger partial charge in [-0.1, -0.05) is 0 Å². The molecule has 0 spiro atoms. The van der Waals surface area contributed by atoms with Crippen molar-refractivity contribution in [2.24, 2.45) is 5.73 Å². The van der Waals surface area contributed by atoms with Crippen molar-refractivity contribution in [3.05, 3.63) is 0 Å². The lowest BCUT2D eigenvalue weighted by atomic mass is 9.98. The molecular weight excluding hydrogens is 188 g/mol. The normalized spacial score (nSPS) is 44.2. The molecule has 1 aliphatic heterocycles. The maximum absolute atomic E-state index is 10.0. The molecule has 3 unspecified atom stereocenters. The van der Waals surface area contributed by atoms with Crippen LogP contribution in [0.5, 0.6) is 0 Å². The Kier molecular flexibility index (Phi) is 3.33. The van der Waals surface area contributed by atoms with Crippen LogP contribution >= 0.6 is 0 Å². The zero-order valence-electron chi connectivity index (χ0n) is 9.78. The molecule has 2 aliphatic rings. The average Bonchev–Trinajstić information content (AvgIpc) is 2.49. The molecule has 3 atom stereocenters. The van der Waals surface area contributed by atoms with Gasteiger partial charge in [-0.3, -0.25) is 0 Å². The monoisotopic (exact) mass is 212 g/mol. The molecule has 1 aliphatic carbocycles. The second-order valence-electron chi connectivity index (χ2n) is 5.61. The third-order valence-corrected chi connectivity index (χ3v) is 4.06. The molecule has 2 rings (SSSR count). The molecule has 1 saturated carbocycles. The number of nitrogens with two attached hydrogens (primary N) is 1. The SMILES string of the molecule is CC1(O)CCCN(C2CCC(N)C2)CC1. The fraction of sp³-hybridized carbons (Fsp3) is 1.00. The second-order valence-corrected chi connectivity index (χ2v) is 5.61. The molecule has 3 heteroatoms. The molecule has 1 heterocycles. The first-order chi connectivity index (χ1) is 7.07. The lowest BCUT2D eigenvalue weighted by Gasteiger charge is -2.28.